The van der Waals surface area contributed by atoms with E-state index in [9.17, 15) is 4.79 Å². The van der Waals surface area contributed by atoms with E-state index in [0.29, 0.717) is 17.8 Å². The first-order valence-electron chi connectivity index (χ1n) is 11.5. The third kappa shape index (κ3) is 4.43. The fraction of sp³-hybridized carbons (Fsp3) is 0.440. The molecule has 0 bridgehead atoms. The quantitative estimate of drug-likeness (QED) is 0.598. The summed E-state index contributed by atoms with van der Waals surface area (Å²) in [6, 6.07) is 6.41. The lowest BCUT2D eigenvalue weighted by Crippen LogP contribution is -2.44. The second kappa shape index (κ2) is 8.82. The highest BCUT2D eigenvalue weighted by Gasteiger charge is 2.29. The van der Waals surface area contributed by atoms with E-state index in [2.05, 4.69) is 44.7 Å². The van der Waals surface area contributed by atoms with Crippen molar-refractivity contribution in [2.45, 2.75) is 38.3 Å². The average molecular weight is 431 g/mol. The summed E-state index contributed by atoms with van der Waals surface area (Å²) < 4.78 is 2.16. The van der Waals surface area contributed by atoms with Crippen molar-refractivity contribution < 1.29 is 4.79 Å². The van der Waals surface area contributed by atoms with Gasteiger partial charge in [-0.2, -0.15) is 0 Å². The number of piperidine rings is 1. The Morgan fingerprint density at radius 2 is 1.78 bits per heavy atom. The summed E-state index contributed by atoms with van der Waals surface area (Å²) in [5, 5.41) is 0. The van der Waals surface area contributed by atoms with Crippen LogP contribution < -0.4 is 0 Å². The molecule has 7 heteroatoms. The monoisotopic (exact) mass is 430 g/mol. The predicted molar refractivity (Wildman–Crippen MR) is 124 cm³/mol. The molecule has 0 spiro atoms. The Balaban J connectivity index is 1.38. The van der Waals surface area contributed by atoms with Crippen molar-refractivity contribution in [3.8, 4) is 22.5 Å². The van der Waals surface area contributed by atoms with Gasteiger partial charge in [-0.05, 0) is 63.9 Å². The first kappa shape index (κ1) is 20.8. The number of amides is 1. The van der Waals surface area contributed by atoms with Crippen LogP contribution >= 0.6 is 0 Å². The van der Waals surface area contributed by atoms with E-state index in [-0.39, 0.29) is 5.91 Å². The SMILES string of the molecule is CN(C)C1CCN(C(=O)c2cc(-c3cnc(-c4cccnc4)nc3)cn2CC2CC2)CC1. The van der Waals surface area contributed by atoms with Crippen molar-refractivity contribution in [2.24, 2.45) is 5.92 Å². The van der Waals surface area contributed by atoms with E-state index in [0.717, 1.165) is 54.9 Å². The Morgan fingerprint density at radius 3 is 2.41 bits per heavy atom. The van der Waals surface area contributed by atoms with Gasteiger partial charge in [0.15, 0.2) is 5.82 Å². The lowest BCUT2D eigenvalue weighted by atomic mass is 10.0. The smallest absolute Gasteiger partial charge is 0.270 e. The third-order valence-corrected chi connectivity index (χ3v) is 6.65. The molecule has 5 rings (SSSR count). The second-order valence-corrected chi connectivity index (χ2v) is 9.23. The Hall–Kier alpha value is -3.06. The number of likely N-dealkylation sites (tertiary alicyclic amines) is 1. The minimum Gasteiger partial charge on any atom is -0.343 e. The fourth-order valence-electron chi connectivity index (χ4n) is 4.45. The summed E-state index contributed by atoms with van der Waals surface area (Å²) in [5.41, 5.74) is 3.59. The molecule has 1 amide bonds. The molecule has 2 fully saturated rings. The van der Waals surface area contributed by atoms with E-state index in [1.807, 2.05) is 35.5 Å². The van der Waals surface area contributed by atoms with Gasteiger partial charge in [-0.3, -0.25) is 9.78 Å². The predicted octanol–water partition coefficient (Wildman–Crippen LogP) is 3.58. The normalized spacial score (nSPS) is 17.2. The molecule has 3 aromatic rings. The Kier molecular flexibility index (Phi) is 5.74. The Bertz CT molecular complexity index is 1060. The molecule has 0 aromatic carbocycles. The van der Waals surface area contributed by atoms with Gasteiger partial charge < -0.3 is 14.4 Å². The maximum Gasteiger partial charge on any atom is 0.270 e. The second-order valence-electron chi connectivity index (χ2n) is 9.23. The lowest BCUT2D eigenvalue weighted by Gasteiger charge is -2.35. The van der Waals surface area contributed by atoms with Crippen molar-refractivity contribution in [3.63, 3.8) is 0 Å². The van der Waals surface area contributed by atoms with Crippen LogP contribution in [-0.4, -0.2) is 68.5 Å². The van der Waals surface area contributed by atoms with Gasteiger partial charge in [-0.1, -0.05) is 0 Å². The number of carbonyl (C=O) groups excluding carboxylic acids is 1. The number of nitrogens with zero attached hydrogens (tertiary/aromatic N) is 6. The van der Waals surface area contributed by atoms with Crippen LogP contribution in [0, 0.1) is 5.92 Å². The van der Waals surface area contributed by atoms with Gasteiger partial charge in [0.1, 0.15) is 5.69 Å². The van der Waals surface area contributed by atoms with Crippen molar-refractivity contribution >= 4 is 5.91 Å². The Labute approximate surface area is 189 Å². The highest BCUT2D eigenvalue weighted by molar-refractivity contribution is 5.94. The summed E-state index contributed by atoms with van der Waals surface area (Å²) in [5.74, 6) is 1.48. The highest BCUT2D eigenvalue weighted by Crippen LogP contribution is 2.33. The van der Waals surface area contributed by atoms with Gasteiger partial charge in [0.05, 0.1) is 0 Å². The van der Waals surface area contributed by atoms with Crippen LogP contribution in [0.1, 0.15) is 36.2 Å². The molecule has 2 aliphatic rings. The van der Waals surface area contributed by atoms with E-state index in [1.165, 1.54) is 12.8 Å². The van der Waals surface area contributed by atoms with E-state index >= 15 is 0 Å². The van der Waals surface area contributed by atoms with Crippen LogP contribution in [0.25, 0.3) is 22.5 Å². The van der Waals surface area contributed by atoms with Gasteiger partial charge >= 0.3 is 0 Å². The Morgan fingerprint density at radius 1 is 1.03 bits per heavy atom. The number of pyridine rings is 1. The maximum absolute atomic E-state index is 13.4. The minimum absolute atomic E-state index is 0.141. The molecule has 0 N–H and O–H groups in total. The highest BCUT2D eigenvalue weighted by atomic mass is 16.2. The van der Waals surface area contributed by atoms with Crippen LogP contribution in [-0.2, 0) is 6.54 Å². The van der Waals surface area contributed by atoms with Gasteiger partial charge in [-0.15, -0.1) is 0 Å². The summed E-state index contributed by atoms with van der Waals surface area (Å²) in [6.07, 6.45) is 13.8. The molecule has 0 radical (unpaired) electrons. The molecule has 0 atom stereocenters. The molecule has 4 heterocycles. The molecule has 166 valence electrons. The zero-order valence-corrected chi connectivity index (χ0v) is 18.8. The number of rotatable bonds is 6. The van der Waals surface area contributed by atoms with Crippen molar-refractivity contribution in [2.75, 3.05) is 27.2 Å². The number of hydrogen-bond donors (Lipinski definition) is 0. The van der Waals surface area contributed by atoms with Crippen molar-refractivity contribution in [1.29, 1.82) is 0 Å². The van der Waals surface area contributed by atoms with Crippen LogP contribution in [0.2, 0.25) is 0 Å². The number of aromatic nitrogens is 4. The number of hydrogen-bond acceptors (Lipinski definition) is 5. The van der Waals surface area contributed by atoms with Gasteiger partial charge in [0.2, 0.25) is 0 Å². The van der Waals surface area contributed by atoms with Gasteiger partial charge in [0, 0.05) is 73.4 Å². The van der Waals surface area contributed by atoms with Gasteiger partial charge in [-0.25, -0.2) is 9.97 Å². The van der Waals surface area contributed by atoms with Crippen molar-refractivity contribution in [1.82, 2.24) is 29.3 Å². The van der Waals surface area contributed by atoms with E-state index in [1.54, 1.807) is 12.4 Å². The largest absolute Gasteiger partial charge is 0.343 e. The first-order chi connectivity index (χ1) is 15.6. The zero-order chi connectivity index (χ0) is 22.1. The summed E-state index contributed by atoms with van der Waals surface area (Å²) in [4.78, 5) is 30.9. The van der Waals surface area contributed by atoms with Crippen LogP contribution in [0.3, 0.4) is 0 Å². The molecule has 0 unspecified atom stereocenters. The fourth-order valence-corrected chi connectivity index (χ4v) is 4.45. The van der Waals surface area contributed by atoms with E-state index < -0.39 is 0 Å². The van der Waals surface area contributed by atoms with Crippen molar-refractivity contribution in [3.05, 3.63) is 54.9 Å². The summed E-state index contributed by atoms with van der Waals surface area (Å²) >= 11 is 0. The van der Waals surface area contributed by atoms with Gasteiger partial charge in [0.25, 0.3) is 5.91 Å². The molecule has 1 saturated carbocycles. The van der Waals surface area contributed by atoms with E-state index in [4.69, 9.17) is 0 Å². The molecule has 1 aliphatic carbocycles. The maximum atomic E-state index is 13.4. The summed E-state index contributed by atoms with van der Waals surface area (Å²) in [7, 11) is 4.24. The topological polar surface area (TPSA) is 67.2 Å². The molecular weight excluding hydrogens is 400 g/mol. The zero-order valence-electron chi connectivity index (χ0n) is 18.8. The van der Waals surface area contributed by atoms with Crippen LogP contribution in [0.4, 0.5) is 0 Å². The third-order valence-electron chi connectivity index (χ3n) is 6.65. The average Bonchev–Trinajstić information content (AvgIpc) is 3.56. The first-order valence-corrected chi connectivity index (χ1v) is 11.5. The molecule has 7 nitrogen and oxygen atoms in total. The standard InChI is InChI=1S/C25H30N6O/c1-29(2)22-7-10-30(11-8-22)25(32)23-12-20(17-31(23)16-18-5-6-18)21-14-27-24(28-15-21)19-4-3-9-26-13-19/h3-4,9,12-15,17-18,22H,5-8,10-11,16H2,1-2H3. The molecule has 1 saturated heterocycles. The summed E-state index contributed by atoms with van der Waals surface area (Å²) in [6.45, 7) is 2.53. The lowest BCUT2D eigenvalue weighted by molar-refractivity contribution is 0.0652. The van der Waals surface area contributed by atoms with Crippen LogP contribution in [0.15, 0.2) is 49.2 Å². The molecular formula is C25H30N6O. The van der Waals surface area contributed by atoms with Crippen LogP contribution in [0.5, 0.6) is 0 Å². The molecule has 1 aliphatic heterocycles. The number of carbonyl (C=O) groups is 1. The minimum atomic E-state index is 0.141. The molecule has 3 aromatic heterocycles. The molecule has 32 heavy (non-hydrogen) atoms.